The van der Waals surface area contributed by atoms with Crippen molar-refractivity contribution in [3.8, 4) is 10.4 Å². The molecule has 0 fully saturated rings. The highest BCUT2D eigenvalue weighted by Crippen LogP contribution is 2.28. The Labute approximate surface area is 157 Å². The lowest BCUT2D eigenvalue weighted by Crippen LogP contribution is -2.11. The predicted molar refractivity (Wildman–Crippen MR) is 103 cm³/mol. The van der Waals surface area contributed by atoms with Crippen LogP contribution in [-0.4, -0.2) is 9.38 Å². The van der Waals surface area contributed by atoms with E-state index >= 15 is 0 Å². The van der Waals surface area contributed by atoms with Gasteiger partial charge in [-0.1, -0.05) is 12.1 Å². The lowest BCUT2D eigenvalue weighted by atomic mass is 10.2. The van der Waals surface area contributed by atoms with Gasteiger partial charge in [0, 0.05) is 39.7 Å². The lowest BCUT2D eigenvalue weighted by Gasteiger charge is -2.00. The molecule has 4 rings (SSSR count). The molecule has 6 heteroatoms. The first-order valence-corrected chi connectivity index (χ1v) is 9.47. The van der Waals surface area contributed by atoms with Crippen molar-refractivity contribution in [3.05, 3.63) is 81.8 Å². The second-order valence-electron chi connectivity index (χ2n) is 5.72. The highest BCUT2D eigenvalue weighted by Gasteiger charge is 2.05. The molecule has 3 aromatic heterocycles. The Balaban J connectivity index is 1.39. The number of halogens is 2. The van der Waals surface area contributed by atoms with E-state index in [1.165, 1.54) is 17.0 Å². The van der Waals surface area contributed by atoms with E-state index in [1.807, 2.05) is 41.1 Å². The predicted octanol–water partition coefficient (Wildman–Crippen LogP) is 5.25. The molecule has 0 saturated heterocycles. The molecule has 25 heavy (non-hydrogen) atoms. The van der Waals surface area contributed by atoms with Crippen LogP contribution in [0.1, 0.15) is 10.6 Å². The molecule has 0 bridgehead atoms. The second-order valence-corrected chi connectivity index (χ2v) is 7.81. The van der Waals surface area contributed by atoms with Crippen LogP contribution in [0.25, 0.3) is 16.1 Å². The van der Waals surface area contributed by atoms with E-state index < -0.39 is 0 Å². The minimum Gasteiger partial charge on any atom is -0.306 e. The molecule has 0 aliphatic heterocycles. The number of aromatic nitrogens is 2. The summed E-state index contributed by atoms with van der Waals surface area (Å²) in [6, 6.07) is 14.8. The largest absolute Gasteiger partial charge is 0.306 e. The highest BCUT2D eigenvalue weighted by molar-refractivity contribution is 9.10. The van der Waals surface area contributed by atoms with Crippen molar-refractivity contribution in [2.24, 2.45) is 0 Å². The number of benzene rings is 1. The van der Waals surface area contributed by atoms with Crippen LogP contribution in [-0.2, 0) is 13.1 Å². The quantitative estimate of drug-likeness (QED) is 0.481. The summed E-state index contributed by atoms with van der Waals surface area (Å²) >= 11 is 5.18. The van der Waals surface area contributed by atoms with Gasteiger partial charge < -0.3 is 9.72 Å². The number of rotatable bonds is 5. The zero-order chi connectivity index (χ0) is 17.2. The number of nitrogens with one attached hydrogen (secondary N) is 1. The first-order chi connectivity index (χ1) is 12.2. The fourth-order valence-electron chi connectivity index (χ4n) is 2.66. The number of hydrogen-bond acceptors (Lipinski definition) is 3. The van der Waals surface area contributed by atoms with Gasteiger partial charge in [-0.05, 0) is 57.9 Å². The SMILES string of the molecule is Fc1ccc(-c2ccc(CNCc3cn4cc(Br)ccc4n3)s2)cc1. The number of hydrogen-bond donors (Lipinski definition) is 1. The van der Waals surface area contributed by atoms with E-state index in [4.69, 9.17) is 0 Å². The van der Waals surface area contributed by atoms with Crippen LogP contribution in [0.15, 0.2) is 65.4 Å². The summed E-state index contributed by atoms with van der Waals surface area (Å²) in [6.45, 7) is 1.49. The highest BCUT2D eigenvalue weighted by atomic mass is 79.9. The molecule has 0 amide bonds. The van der Waals surface area contributed by atoms with Crippen molar-refractivity contribution in [1.82, 2.24) is 14.7 Å². The maximum absolute atomic E-state index is 13.0. The van der Waals surface area contributed by atoms with Crippen molar-refractivity contribution in [2.45, 2.75) is 13.1 Å². The second kappa shape index (κ2) is 7.07. The Kier molecular flexibility index (Phi) is 4.65. The number of pyridine rings is 1. The maximum Gasteiger partial charge on any atom is 0.137 e. The molecule has 0 atom stereocenters. The zero-order valence-electron chi connectivity index (χ0n) is 13.2. The molecule has 0 unspecified atom stereocenters. The molecular weight excluding hydrogens is 401 g/mol. The number of fused-ring (bicyclic) bond motifs is 1. The number of thiophene rings is 1. The van der Waals surface area contributed by atoms with Gasteiger partial charge in [-0.15, -0.1) is 11.3 Å². The first kappa shape index (κ1) is 16.4. The van der Waals surface area contributed by atoms with Gasteiger partial charge in [0.15, 0.2) is 0 Å². The summed E-state index contributed by atoms with van der Waals surface area (Å²) in [5, 5.41) is 3.43. The van der Waals surface area contributed by atoms with E-state index in [2.05, 4.69) is 38.4 Å². The third kappa shape index (κ3) is 3.81. The molecule has 3 heterocycles. The van der Waals surface area contributed by atoms with Gasteiger partial charge in [0.2, 0.25) is 0 Å². The van der Waals surface area contributed by atoms with E-state index in [1.54, 1.807) is 11.3 Å². The fraction of sp³-hybridized carbons (Fsp3) is 0.105. The van der Waals surface area contributed by atoms with Gasteiger partial charge in [0.1, 0.15) is 11.5 Å². The van der Waals surface area contributed by atoms with Crippen LogP contribution in [0.3, 0.4) is 0 Å². The average Bonchev–Trinajstić information content (AvgIpc) is 3.22. The summed E-state index contributed by atoms with van der Waals surface area (Å²) in [5.74, 6) is -0.207. The Morgan fingerprint density at radius 2 is 1.84 bits per heavy atom. The summed E-state index contributed by atoms with van der Waals surface area (Å²) in [5.41, 5.74) is 2.99. The summed E-state index contributed by atoms with van der Waals surface area (Å²) in [7, 11) is 0. The summed E-state index contributed by atoms with van der Waals surface area (Å²) < 4.78 is 16.1. The topological polar surface area (TPSA) is 29.3 Å². The molecule has 1 N–H and O–H groups in total. The normalized spacial score (nSPS) is 11.3. The van der Waals surface area contributed by atoms with Gasteiger partial charge in [0.25, 0.3) is 0 Å². The van der Waals surface area contributed by atoms with Crippen molar-refractivity contribution >= 4 is 32.9 Å². The molecule has 4 aromatic rings. The summed E-state index contributed by atoms with van der Waals surface area (Å²) in [4.78, 5) is 6.98. The van der Waals surface area contributed by atoms with Gasteiger partial charge in [0.05, 0.1) is 5.69 Å². The minimum absolute atomic E-state index is 0.207. The van der Waals surface area contributed by atoms with Crippen molar-refractivity contribution in [3.63, 3.8) is 0 Å². The van der Waals surface area contributed by atoms with Crippen molar-refractivity contribution in [1.29, 1.82) is 0 Å². The first-order valence-electron chi connectivity index (χ1n) is 7.86. The molecule has 0 aliphatic carbocycles. The van der Waals surface area contributed by atoms with Crippen LogP contribution in [0.4, 0.5) is 4.39 Å². The van der Waals surface area contributed by atoms with E-state index in [9.17, 15) is 4.39 Å². The average molecular weight is 416 g/mol. The van der Waals surface area contributed by atoms with Gasteiger partial charge in [-0.25, -0.2) is 9.37 Å². The molecular formula is C19H15BrFN3S. The Morgan fingerprint density at radius 1 is 1.00 bits per heavy atom. The molecule has 0 spiro atoms. The third-order valence-corrected chi connectivity index (χ3v) is 5.46. The van der Waals surface area contributed by atoms with Gasteiger partial charge in [-0.3, -0.25) is 0 Å². The molecule has 0 aliphatic rings. The molecule has 1 aromatic carbocycles. The van der Waals surface area contributed by atoms with Crippen LogP contribution in [0.5, 0.6) is 0 Å². The smallest absolute Gasteiger partial charge is 0.137 e. The Hall–Kier alpha value is -2.02. The molecule has 0 radical (unpaired) electrons. The minimum atomic E-state index is -0.207. The fourth-order valence-corrected chi connectivity index (χ4v) is 3.99. The van der Waals surface area contributed by atoms with E-state index in [0.717, 1.165) is 32.8 Å². The molecule has 126 valence electrons. The van der Waals surface area contributed by atoms with Crippen LogP contribution in [0, 0.1) is 5.82 Å². The Bertz CT molecular complexity index is 1010. The van der Waals surface area contributed by atoms with Crippen LogP contribution < -0.4 is 5.32 Å². The third-order valence-electron chi connectivity index (χ3n) is 3.86. The number of nitrogens with zero attached hydrogens (tertiary/aromatic N) is 2. The van der Waals surface area contributed by atoms with Crippen molar-refractivity contribution < 1.29 is 4.39 Å². The maximum atomic E-state index is 13.0. The van der Waals surface area contributed by atoms with Crippen LogP contribution in [0.2, 0.25) is 0 Å². The monoisotopic (exact) mass is 415 g/mol. The summed E-state index contributed by atoms with van der Waals surface area (Å²) in [6.07, 6.45) is 4.03. The zero-order valence-corrected chi connectivity index (χ0v) is 15.6. The lowest BCUT2D eigenvalue weighted by molar-refractivity contribution is 0.628. The molecule has 0 saturated carbocycles. The van der Waals surface area contributed by atoms with E-state index in [-0.39, 0.29) is 5.82 Å². The van der Waals surface area contributed by atoms with E-state index in [0.29, 0.717) is 6.54 Å². The Morgan fingerprint density at radius 3 is 2.68 bits per heavy atom. The van der Waals surface area contributed by atoms with Gasteiger partial charge in [-0.2, -0.15) is 0 Å². The van der Waals surface area contributed by atoms with Crippen molar-refractivity contribution in [2.75, 3.05) is 0 Å². The number of imidazole rings is 1. The van der Waals surface area contributed by atoms with Gasteiger partial charge >= 0.3 is 0 Å². The van der Waals surface area contributed by atoms with Crippen LogP contribution >= 0.6 is 27.3 Å². The molecule has 3 nitrogen and oxygen atoms in total. The standard InChI is InChI=1S/C19H15BrFN3S/c20-14-3-8-19-23-16(12-24(19)11-14)9-22-10-17-6-7-18(25-17)13-1-4-15(21)5-2-13/h1-8,11-12,22H,9-10H2.